The summed E-state index contributed by atoms with van der Waals surface area (Å²) in [5.74, 6) is 0. The van der Waals surface area contributed by atoms with Crippen LogP contribution in [0.5, 0.6) is 0 Å². The molecule has 2 rings (SSSR count). The second-order valence-corrected chi connectivity index (χ2v) is 7.07. The Kier molecular flexibility index (Phi) is 4.06. The highest BCUT2D eigenvalue weighted by Gasteiger charge is 2.17. The van der Waals surface area contributed by atoms with E-state index in [0.29, 0.717) is 16.7 Å². The summed E-state index contributed by atoms with van der Waals surface area (Å²) in [7, 11) is -3.55. The third-order valence-corrected chi connectivity index (χ3v) is 5.40. The largest absolute Gasteiger partial charge is 0.326 e. The van der Waals surface area contributed by atoms with Gasteiger partial charge >= 0.3 is 0 Å². The van der Waals surface area contributed by atoms with Gasteiger partial charge in [-0.3, -0.25) is 4.72 Å². The highest BCUT2D eigenvalue weighted by Crippen LogP contribution is 2.26. The minimum Gasteiger partial charge on any atom is -0.326 e. The molecule has 0 radical (unpaired) electrons. The minimum absolute atomic E-state index is 0.240. The van der Waals surface area contributed by atoms with Crippen LogP contribution in [0.25, 0.3) is 0 Å². The molecular weight excluding hydrogens is 336 g/mol. The van der Waals surface area contributed by atoms with E-state index in [1.807, 2.05) is 6.07 Å². The van der Waals surface area contributed by atoms with Crippen molar-refractivity contribution in [2.24, 2.45) is 5.73 Å². The first kappa shape index (κ1) is 13.5. The van der Waals surface area contributed by atoms with Crippen LogP contribution in [-0.2, 0) is 16.6 Å². The van der Waals surface area contributed by atoms with E-state index in [1.165, 1.54) is 11.3 Å². The van der Waals surface area contributed by atoms with Crippen molar-refractivity contribution in [2.45, 2.75) is 11.4 Å². The molecule has 1 heterocycles. The lowest BCUT2D eigenvalue weighted by Crippen LogP contribution is -2.12. The molecule has 3 N–H and O–H groups in total. The fourth-order valence-corrected chi connectivity index (χ4v) is 4.11. The molecule has 0 aliphatic carbocycles. The molecule has 2 aromatic rings. The van der Waals surface area contributed by atoms with Gasteiger partial charge < -0.3 is 5.73 Å². The van der Waals surface area contributed by atoms with E-state index in [-0.39, 0.29) is 4.90 Å². The van der Waals surface area contributed by atoms with Gasteiger partial charge in [0.25, 0.3) is 10.0 Å². The van der Waals surface area contributed by atoms with Gasteiger partial charge in [-0.05, 0) is 34.1 Å². The molecule has 0 aliphatic heterocycles. The van der Waals surface area contributed by atoms with Crippen molar-refractivity contribution in [2.75, 3.05) is 4.72 Å². The van der Waals surface area contributed by atoms with Gasteiger partial charge in [0, 0.05) is 21.3 Å². The number of para-hydroxylation sites is 1. The highest BCUT2D eigenvalue weighted by molar-refractivity contribution is 9.10. The predicted octanol–water partition coefficient (Wildman–Crippen LogP) is 2.77. The van der Waals surface area contributed by atoms with E-state index in [9.17, 15) is 8.42 Å². The maximum absolute atomic E-state index is 12.1. The molecule has 4 nitrogen and oxygen atoms in total. The molecule has 7 heteroatoms. The Morgan fingerprint density at radius 2 is 2.06 bits per heavy atom. The molecule has 96 valence electrons. The molecule has 0 saturated carbocycles. The number of rotatable bonds is 4. The number of halogens is 1. The van der Waals surface area contributed by atoms with E-state index in [4.69, 9.17) is 5.73 Å². The molecule has 0 aliphatic rings. The summed E-state index contributed by atoms with van der Waals surface area (Å²) in [5, 5.41) is 1.58. The molecular formula is C11H11BrN2O2S2. The molecule has 0 fully saturated rings. The second-order valence-electron chi connectivity index (χ2n) is 3.54. The molecule has 0 saturated heterocycles. The number of anilines is 1. The van der Waals surface area contributed by atoms with Gasteiger partial charge in [0.1, 0.15) is 0 Å². The Morgan fingerprint density at radius 3 is 2.67 bits per heavy atom. The SMILES string of the molecule is NCc1cc(S(=O)(=O)Nc2ccccc2Br)cs1. The van der Waals surface area contributed by atoms with Gasteiger partial charge in [-0.15, -0.1) is 11.3 Å². The van der Waals surface area contributed by atoms with Crippen molar-refractivity contribution in [1.29, 1.82) is 0 Å². The molecule has 1 aromatic heterocycles. The zero-order valence-electron chi connectivity index (χ0n) is 9.26. The summed E-state index contributed by atoms with van der Waals surface area (Å²) in [6.07, 6.45) is 0. The molecule has 0 atom stereocenters. The fourth-order valence-electron chi connectivity index (χ4n) is 1.36. The lowest BCUT2D eigenvalue weighted by atomic mass is 10.3. The summed E-state index contributed by atoms with van der Waals surface area (Å²) < 4.78 is 27.5. The number of nitrogens with one attached hydrogen (secondary N) is 1. The molecule has 18 heavy (non-hydrogen) atoms. The average molecular weight is 347 g/mol. The lowest BCUT2D eigenvalue weighted by molar-refractivity contribution is 0.601. The maximum Gasteiger partial charge on any atom is 0.262 e. The third kappa shape index (κ3) is 2.92. The standard InChI is InChI=1S/C11H11BrN2O2S2/c12-10-3-1-2-4-11(10)14-18(15,16)9-5-8(6-13)17-7-9/h1-5,7,14H,6,13H2. The summed E-state index contributed by atoms with van der Waals surface area (Å²) >= 11 is 4.63. The monoisotopic (exact) mass is 346 g/mol. The number of thiophene rings is 1. The summed E-state index contributed by atoms with van der Waals surface area (Å²) in [5.41, 5.74) is 5.98. The average Bonchev–Trinajstić information content (AvgIpc) is 2.81. The van der Waals surface area contributed by atoms with E-state index in [1.54, 1.807) is 29.6 Å². The first-order chi connectivity index (χ1) is 8.53. The van der Waals surface area contributed by atoms with Crippen LogP contribution in [0.1, 0.15) is 4.88 Å². The van der Waals surface area contributed by atoms with Crippen LogP contribution < -0.4 is 10.5 Å². The number of hydrogen-bond acceptors (Lipinski definition) is 4. The van der Waals surface area contributed by atoms with Crippen molar-refractivity contribution in [1.82, 2.24) is 0 Å². The van der Waals surface area contributed by atoms with Crippen molar-refractivity contribution >= 4 is 43.0 Å². The smallest absolute Gasteiger partial charge is 0.262 e. The Morgan fingerprint density at radius 1 is 1.33 bits per heavy atom. The quantitative estimate of drug-likeness (QED) is 0.893. The van der Waals surface area contributed by atoms with Crippen LogP contribution in [0.15, 0.2) is 45.1 Å². The lowest BCUT2D eigenvalue weighted by Gasteiger charge is -2.07. The van der Waals surface area contributed by atoms with Crippen LogP contribution in [0.3, 0.4) is 0 Å². The third-order valence-electron chi connectivity index (χ3n) is 2.26. The first-order valence-corrected chi connectivity index (χ1v) is 8.23. The van der Waals surface area contributed by atoms with E-state index in [2.05, 4.69) is 20.7 Å². The Bertz CT molecular complexity index is 653. The summed E-state index contributed by atoms with van der Waals surface area (Å²) in [6, 6.07) is 8.64. The normalized spacial score (nSPS) is 11.4. The van der Waals surface area contributed by atoms with Crippen molar-refractivity contribution in [3.63, 3.8) is 0 Å². The second kappa shape index (κ2) is 5.40. The molecule has 0 spiro atoms. The van der Waals surface area contributed by atoms with Crippen molar-refractivity contribution < 1.29 is 8.42 Å². The molecule has 0 bridgehead atoms. The van der Waals surface area contributed by atoms with Crippen molar-refractivity contribution in [3.05, 3.63) is 45.1 Å². The van der Waals surface area contributed by atoms with E-state index >= 15 is 0 Å². The summed E-state index contributed by atoms with van der Waals surface area (Å²) in [4.78, 5) is 1.08. The predicted molar refractivity (Wildman–Crippen MR) is 77.2 cm³/mol. The highest BCUT2D eigenvalue weighted by atomic mass is 79.9. The van der Waals surface area contributed by atoms with Crippen LogP contribution in [0.4, 0.5) is 5.69 Å². The molecule has 1 aromatic carbocycles. The zero-order valence-corrected chi connectivity index (χ0v) is 12.5. The minimum atomic E-state index is -3.55. The Balaban J connectivity index is 2.30. The van der Waals surface area contributed by atoms with E-state index < -0.39 is 10.0 Å². The van der Waals surface area contributed by atoms with Crippen molar-refractivity contribution in [3.8, 4) is 0 Å². The maximum atomic E-state index is 12.1. The topological polar surface area (TPSA) is 72.2 Å². The fraction of sp³-hybridized carbons (Fsp3) is 0.0909. The van der Waals surface area contributed by atoms with Crippen LogP contribution >= 0.6 is 27.3 Å². The van der Waals surface area contributed by atoms with Gasteiger partial charge in [-0.1, -0.05) is 12.1 Å². The van der Waals surface area contributed by atoms with Gasteiger partial charge in [-0.25, -0.2) is 8.42 Å². The van der Waals surface area contributed by atoms with Crippen LogP contribution in [-0.4, -0.2) is 8.42 Å². The number of hydrogen-bond donors (Lipinski definition) is 2. The number of benzene rings is 1. The molecule has 0 amide bonds. The summed E-state index contributed by atoms with van der Waals surface area (Å²) in [6.45, 7) is 0.342. The molecule has 0 unspecified atom stereocenters. The van der Waals surface area contributed by atoms with Crippen LogP contribution in [0, 0.1) is 0 Å². The zero-order chi connectivity index (χ0) is 13.2. The first-order valence-electron chi connectivity index (χ1n) is 5.08. The van der Waals surface area contributed by atoms with E-state index in [0.717, 1.165) is 4.88 Å². The van der Waals surface area contributed by atoms with Crippen LogP contribution in [0.2, 0.25) is 0 Å². The number of nitrogens with two attached hydrogens (primary N) is 1. The number of sulfonamides is 1. The van der Waals surface area contributed by atoms with Gasteiger partial charge in [0.05, 0.1) is 10.6 Å². The van der Waals surface area contributed by atoms with Gasteiger partial charge in [0.2, 0.25) is 0 Å². The van der Waals surface area contributed by atoms with Gasteiger partial charge in [0.15, 0.2) is 0 Å². The Labute approximate surface area is 118 Å². The van der Waals surface area contributed by atoms with Gasteiger partial charge in [-0.2, -0.15) is 0 Å². The Hall–Kier alpha value is -0.890.